The highest BCUT2D eigenvalue weighted by Gasteiger charge is 2.38. The van der Waals surface area contributed by atoms with Gasteiger partial charge >= 0.3 is 0 Å². The van der Waals surface area contributed by atoms with Gasteiger partial charge in [-0.2, -0.15) is 4.31 Å². The molecule has 118 valence electrons. The van der Waals surface area contributed by atoms with Gasteiger partial charge in [0.15, 0.2) is 6.29 Å². The third-order valence-electron chi connectivity index (χ3n) is 3.92. The Hall–Kier alpha value is -0.950. The van der Waals surface area contributed by atoms with E-state index >= 15 is 0 Å². The van der Waals surface area contributed by atoms with E-state index in [1.54, 1.807) is 12.1 Å². The van der Waals surface area contributed by atoms with Gasteiger partial charge in [0.1, 0.15) is 0 Å². The topological polar surface area (TPSA) is 77.8 Å². The van der Waals surface area contributed by atoms with E-state index in [1.165, 1.54) is 4.31 Å². The molecule has 1 heterocycles. The monoisotopic (exact) mass is 313 g/mol. The smallest absolute Gasteiger partial charge is 0.243 e. The minimum atomic E-state index is -3.68. The highest BCUT2D eigenvalue weighted by molar-refractivity contribution is 7.89. The van der Waals surface area contributed by atoms with Crippen molar-refractivity contribution in [2.75, 3.05) is 6.54 Å². The van der Waals surface area contributed by atoms with Gasteiger partial charge in [0.2, 0.25) is 10.0 Å². The molecule has 1 aromatic rings. The van der Waals surface area contributed by atoms with E-state index in [-0.39, 0.29) is 10.3 Å². The van der Waals surface area contributed by atoms with Crippen LogP contribution in [0.3, 0.4) is 0 Å². The molecular weight excluding hydrogens is 290 g/mol. The summed E-state index contributed by atoms with van der Waals surface area (Å²) in [5.41, 5.74) is 1.02. The molecule has 0 saturated carbocycles. The quantitative estimate of drug-likeness (QED) is 0.828. The van der Waals surface area contributed by atoms with Crippen LogP contribution in [0.2, 0.25) is 0 Å². The van der Waals surface area contributed by atoms with Gasteiger partial charge in [0.25, 0.3) is 0 Å². The Bertz CT molecular complexity index is 587. The molecule has 5 nitrogen and oxygen atoms in total. The highest BCUT2D eigenvalue weighted by atomic mass is 32.2. The molecule has 1 saturated heterocycles. The van der Waals surface area contributed by atoms with Gasteiger partial charge in [-0.15, -0.1) is 0 Å². The van der Waals surface area contributed by atoms with Gasteiger partial charge in [0, 0.05) is 6.54 Å². The predicted octanol–water partition coefficient (Wildman–Crippen LogP) is 1.45. The normalized spacial score (nSPS) is 21.1. The molecule has 0 bridgehead atoms. The molecule has 6 heteroatoms. The molecule has 21 heavy (non-hydrogen) atoms. The summed E-state index contributed by atoms with van der Waals surface area (Å²) in [6, 6.07) is 6.06. The number of nitrogens with zero attached hydrogens (tertiary/aromatic N) is 1. The van der Waals surface area contributed by atoms with E-state index in [1.807, 2.05) is 12.1 Å². The van der Waals surface area contributed by atoms with Crippen molar-refractivity contribution in [3.63, 3.8) is 0 Å². The van der Waals surface area contributed by atoms with Crippen LogP contribution < -0.4 is 0 Å². The molecule has 1 aliphatic rings. The first-order valence-corrected chi connectivity index (χ1v) is 8.56. The molecule has 2 N–H and O–H groups in total. The lowest BCUT2D eigenvalue weighted by Gasteiger charge is -2.25. The minimum Gasteiger partial charge on any atom is -0.367 e. The fourth-order valence-electron chi connectivity index (χ4n) is 2.62. The van der Waals surface area contributed by atoms with Gasteiger partial charge in [-0.25, -0.2) is 8.42 Å². The number of hydrogen-bond acceptors (Lipinski definition) is 4. The van der Waals surface area contributed by atoms with Crippen molar-refractivity contribution in [1.29, 1.82) is 0 Å². The van der Waals surface area contributed by atoms with Crippen molar-refractivity contribution >= 4 is 10.0 Å². The van der Waals surface area contributed by atoms with Gasteiger partial charge < -0.3 is 10.2 Å². The zero-order chi connectivity index (χ0) is 15.8. The average Bonchev–Trinajstić information content (AvgIpc) is 2.88. The van der Waals surface area contributed by atoms with Crippen LogP contribution in [0, 0.1) is 0 Å². The Balaban J connectivity index is 2.32. The van der Waals surface area contributed by atoms with Crippen LogP contribution in [0.15, 0.2) is 29.2 Å². The second-order valence-corrected chi connectivity index (χ2v) is 8.40. The summed E-state index contributed by atoms with van der Waals surface area (Å²) >= 11 is 0. The van der Waals surface area contributed by atoms with Gasteiger partial charge in [-0.1, -0.05) is 32.9 Å². The van der Waals surface area contributed by atoms with Crippen molar-refractivity contribution in [2.45, 2.75) is 56.3 Å². The summed E-state index contributed by atoms with van der Waals surface area (Å²) < 4.78 is 26.4. The molecule has 1 aliphatic heterocycles. The Labute approximate surface area is 126 Å². The summed E-state index contributed by atoms with van der Waals surface area (Å²) in [4.78, 5) is 0.197. The van der Waals surface area contributed by atoms with Crippen LogP contribution in [-0.2, 0) is 15.4 Å². The summed E-state index contributed by atoms with van der Waals surface area (Å²) in [5, 5.41) is 18.7. The average molecular weight is 313 g/mol. The molecule has 0 aromatic heterocycles. The predicted molar refractivity (Wildman–Crippen MR) is 80.3 cm³/mol. The molecular formula is C15H23NO4S. The Morgan fingerprint density at radius 2 is 1.76 bits per heavy atom. The van der Waals surface area contributed by atoms with E-state index in [0.29, 0.717) is 19.4 Å². The standard InChI is InChI=1S/C15H23NO4S/c1-15(2,3)11-6-8-12(9-7-11)21(19,20)16-10-4-5-13(16)14(17)18/h6-9,13-14,17-18H,4-5,10H2,1-3H3/t13-/m1/s1. The first-order chi connectivity index (χ1) is 9.64. The Morgan fingerprint density at radius 1 is 1.19 bits per heavy atom. The van der Waals surface area contributed by atoms with E-state index in [0.717, 1.165) is 5.56 Å². The molecule has 1 atom stereocenters. The van der Waals surface area contributed by atoms with Crippen molar-refractivity contribution in [3.05, 3.63) is 29.8 Å². The number of benzene rings is 1. The largest absolute Gasteiger partial charge is 0.367 e. The zero-order valence-corrected chi connectivity index (χ0v) is 13.5. The van der Waals surface area contributed by atoms with Crippen LogP contribution in [0.1, 0.15) is 39.2 Å². The first kappa shape index (κ1) is 16.4. The summed E-state index contributed by atoms with van der Waals surface area (Å²) in [5.74, 6) is 0. The van der Waals surface area contributed by atoms with E-state index in [2.05, 4.69) is 20.8 Å². The molecule has 0 unspecified atom stereocenters. The summed E-state index contributed by atoms with van der Waals surface area (Å²) in [6.07, 6.45) is -0.533. The summed E-state index contributed by atoms with van der Waals surface area (Å²) in [6.45, 7) is 6.52. The number of rotatable bonds is 3. The van der Waals surface area contributed by atoms with Crippen LogP contribution in [-0.4, -0.2) is 41.8 Å². The van der Waals surface area contributed by atoms with Crippen molar-refractivity contribution in [3.8, 4) is 0 Å². The number of hydrogen-bond donors (Lipinski definition) is 2. The van der Waals surface area contributed by atoms with E-state index in [9.17, 15) is 18.6 Å². The van der Waals surface area contributed by atoms with Crippen molar-refractivity contribution < 1.29 is 18.6 Å². The van der Waals surface area contributed by atoms with Crippen LogP contribution in [0.5, 0.6) is 0 Å². The highest BCUT2D eigenvalue weighted by Crippen LogP contribution is 2.29. The molecule has 0 radical (unpaired) electrons. The molecule has 0 spiro atoms. The second-order valence-electron chi connectivity index (χ2n) is 6.51. The zero-order valence-electron chi connectivity index (χ0n) is 12.7. The van der Waals surface area contributed by atoms with Crippen LogP contribution in [0.4, 0.5) is 0 Å². The molecule has 0 aliphatic carbocycles. The lowest BCUT2D eigenvalue weighted by molar-refractivity contribution is -0.0768. The number of aliphatic hydroxyl groups is 2. The summed E-state index contributed by atoms with van der Waals surface area (Å²) in [7, 11) is -3.68. The minimum absolute atomic E-state index is 0.0419. The molecule has 2 rings (SSSR count). The fourth-order valence-corrected chi connectivity index (χ4v) is 4.32. The van der Waals surface area contributed by atoms with Gasteiger partial charge in [-0.05, 0) is 36.0 Å². The van der Waals surface area contributed by atoms with Crippen LogP contribution >= 0.6 is 0 Å². The lowest BCUT2D eigenvalue weighted by atomic mass is 9.87. The molecule has 1 fully saturated rings. The lowest BCUT2D eigenvalue weighted by Crippen LogP contribution is -2.42. The SMILES string of the molecule is CC(C)(C)c1ccc(S(=O)(=O)N2CCC[C@@H]2C(O)O)cc1. The maximum atomic E-state index is 12.6. The Morgan fingerprint density at radius 3 is 2.24 bits per heavy atom. The Kier molecular flexibility index (Phi) is 4.44. The second kappa shape index (κ2) is 5.68. The molecule has 0 amide bonds. The van der Waals surface area contributed by atoms with E-state index < -0.39 is 22.4 Å². The van der Waals surface area contributed by atoms with E-state index in [4.69, 9.17) is 0 Å². The third kappa shape index (κ3) is 3.29. The van der Waals surface area contributed by atoms with Gasteiger partial charge in [-0.3, -0.25) is 0 Å². The number of sulfonamides is 1. The van der Waals surface area contributed by atoms with Crippen molar-refractivity contribution in [2.24, 2.45) is 0 Å². The van der Waals surface area contributed by atoms with Crippen LogP contribution in [0.25, 0.3) is 0 Å². The maximum absolute atomic E-state index is 12.6. The maximum Gasteiger partial charge on any atom is 0.243 e. The fraction of sp³-hybridized carbons (Fsp3) is 0.600. The first-order valence-electron chi connectivity index (χ1n) is 7.12. The third-order valence-corrected chi connectivity index (χ3v) is 5.86. The van der Waals surface area contributed by atoms with Crippen molar-refractivity contribution in [1.82, 2.24) is 4.31 Å². The van der Waals surface area contributed by atoms with Gasteiger partial charge in [0.05, 0.1) is 10.9 Å². The molecule has 1 aromatic carbocycles. The number of aliphatic hydroxyl groups excluding tert-OH is 1.